The van der Waals surface area contributed by atoms with Crippen LogP contribution in [0.3, 0.4) is 0 Å². The molecule has 1 heterocycles. The maximum Gasteiger partial charge on any atom is 0.328 e. The quantitative estimate of drug-likeness (QED) is 0.764. The molecule has 0 saturated heterocycles. The molecule has 0 aromatic carbocycles. The zero-order valence-electron chi connectivity index (χ0n) is 8.73. The van der Waals surface area contributed by atoms with Crippen molar-refractivity contribution in [1.82, 2.24) is 14.5 Å². The molecule has 1 fully saturated rings. The molecule has 1 N–H and O–H groups in total. The van der Waals surface area contributed by atoms with E-state index >= 15 is 0 Å². The zero-order valence-corrected chi connectivity index (χ0v) is 8.73. The number of likely N-dealkylation sites (N-methyl/N-ethyl adjacent to an activating group) is 1. The summed E-state index contributed by atoms with van der Waals surface area (Å²) >= 11 is 0. The van der Waals surface area contributed by atoms with Crippen molar-refractivity contribution in [2.24, 2.45) is 0 Å². The maximum atomic E-state index is 11.8. The van der Waals surface area contributed by atoms with E-state index in [0.717, 1.165) is 19.4 Å². The van der Waals surface area contributed by atoms with Crippen LogP contribution in [0.1, 0.15) is 25.8 Å². The lowest BCUT2D eigenvalue weighted by Crippen LogP contribution is -2.32. The van der Waals surface area contributed by atoms with Gasteiger partial charge < -0.3 is 5.32 Å². The van der Waals surface area contributed by atoms with Gasteiger partial charge in [0, 0.05) is 31.0 Å². The molecule has 1 aliphatic carbocycles. The molecule has 0 radical (unpaired) electrons. The third kappa shape index (κ3) is 1.75. The first-order chi connectivity index (χ1) is 6.72. The van der Waals surface area contributed by atoms with Crippen LogP contribution in [0, 0.1) is 0 Å². The second kappa shape index (κ2) is 3.61. The van der Waals surface area contributed by atoms with Crippen LogP contribution in [0.5, 0.6) is 0 Å². The SMILES string of the molecule is CNC(C)Cn1ccn(C2CC2)c1=O. The molecule has 14 heavy (non-hydrogen) atoms. The summed E-state index contributed by atoms with van der Waals surface area (Å²) in [7, 11) is 1.91. The van der Waals surface area contributed by atoms with E-state index in [0.29, 0.717) is 12.1 Å². The summed E-state index contributed by atoms with van der Waals surface area (Å²) in [5.41, 5.74) is 0.134. The molecule has 2 rings (SSSR count). The van der Waals surface area contributed by atoms with Crippen LogP contribution < -0.4 is 11.0 Å². The van der Waals surface area contributed by atoms with Crippen molar-refractivity contribution in [3.63, 3.8) is 0 Å². The van der Waals surface area contributed by atoms with E-state index in [1.165, 1.54) is 0 Å². The number of nitrogens with one attached hydrogen (secondary N) is 1. The minimum atomic E-state index is 0.134. The molecule has 4 nitrogen and oxygen atoms in total. The molecule has 0 bridgehead atoms. The largest absolute Gasteiger partial charge is 0.328 e. The van der Waals surface area contributed by atoms with Gasteiger partial charge in [0.25, 0.3) is 0 Å². The fraction of sp³-hybridized carbons (Fsp3) is 0.700. The van der Waals surface area contributed by atoms with Gasteiger partial charge in [-0.3, -0.25) is 9.13 Å². The van der Waals surface area contributed by atoms with E-state index in [2.05, 4.69) is 12.2 Å². The van der Waals surface area contributed by atoms with E-state index in [-0.39, 0.29) is 5.69 Å². The topological polar surface area (TPSA) is 39.0 Å². The highest BCUT2D eigenvalue weighted by atomic mass is 16.1. The number of imidazole rings is 1. The van der Waals surface area contributed by atoms with Gasteiger partial charge in [0.2, 0.25) is 0 Å². The maximum absolute atomic E-state index is 11.8. The number of hydrogen-bond donors (Lipinski definition) is 1. The molecule has 1 aromatic rings. The van der Waals surface area contributed by atoms with Crippen molar-refractivity contribution in [3.05, 3.63) is 22.9 Å². The Bertz CT molecular complexity index is 362. The first-order valence-electron chi connectivity index (χ1n) is 5.17. The summed E-state index contributed by atoms with van der Waals surface area (Å²) < 4.78 is 3.63. The van der Waals surface area contributed by atoms with Crippen LogP contribution in [-0.4, -0.2) is 22.2 Å². The number of aromatic nitrogens is 2. The average Bonchev–Trinajstić information content (AvgIpc) is 2.95. The first-order valence-corrected chi connectivity index (χ1v) is 5.17. The van der Waals surface area contributed by atoms with Crippen molar-refractivity contribution < 1.29 is 0 Å². The van der Waals surface area contributed by atoms with Crippen LogP contribution in [0.25, 0.3) is 0 Å². The highest BCUT2D eigenvalue weighted by Gasteiger charge is 2.25. The molecule has 1 unspecified atom stereocenters. The molecule has 1 aliphatic rings. The molecular weight excluding hydrogens is 178 g/mol. The van der Waals surface area contributed by atoms with Gasteiger partial charge in [0.15, 0.2) is 0 Å². The normalized spacial score (nSPS) is 18.4. The molecule has 78 valence electrons. The number of hydrogen-bond acceptors (Lipinski definition) is 2. The Labute approximate surface area is 83.5 Å². The van der Waals surface area contributed by atoms with Crippen molar-refractivity contribution in [2.45, 2.75) is 38.4 Å². The minimum Gasteiger partial charge on any atom is -0.315 e. The summed E-state index contributed by atoms with van der Waals surface area (Å²) in [4.78, 5) is 11.8. The second-order valence-corrected chi connectivity index (χ2v) is 4.06. The molecule has 4 heteroatoms. The Morgan fingerprint density at radius 3 is 2.86 bits per heavy atom. The van der Waals surface area contributed by atoms with Crippen molar-refractivity contribution >= 4 is 0 Å². The van der Waals surface area contributed by atoms with Gasteiger partial charge >= 0.3 is 5.69 Å². The summed E-state index contributed by atoms with van der Waals surface area (Å²) in [5.74, 6) is 0. The third-order valence-corrected chi connectivity index (χ3v) is 2.78. The van der Waals surface area contributed by atoms with Crippen molar-refractivity contribution in [3.8, 4) is 0 Å². The summed E-state index contributed by atoms with van der Waals surface area (Å²) in [5, 5.41) is 3.13. The van der Waals surface area contributed by atoms with Crippen LogP contribution in [0.2, 0.25) is 0 Å². The molecular formula is C10H17N3O. The predicted octanol–water partition coefficient (Wildman–Crippen LogP) is 0.593. The Hall–Kier alpha value is -1.03. The predicted molar refractivity (Wildman–Crippen MR) is 55.5 cm³/mol. The molecule has 0 spiro atoms. The fourth-order valence-corrected chi connectivity index (χ4v) is 1.58. The second-order valence-electron chi connectivity index (χ2n) is 4.06. The molecule has 0 aliphatic heterocycles. The molecule has 1 saturated carbocycles. The Morgan fingerprint density at radius 2 is 2.29 bits per heavy atom. The highest BCUT2D eigenvalue weighted by molar-refractivity contribution is 4.91. The lowest BCUT2D eigenvalue weighted by Gasteiger charge is -2.09. The van der Waals surface area contributed by atoms with Gasteiger partial charge in [0.1, 0.15) is 0 Å². The Balaban J connectivity index is 2.14. The number of rotatable bonds is 4. The third-order valence-electron chi connectivity index (χ3n) is 2.78. The van der Waals surface area contributed by atoms with E-state index < -0.39 is 0 Å². The monoisotopic (exact) mass is 195 g/mol. The summed E-state index contributed by atoms with van der Waals surface area (Å²) in [6.45, 7) is 2.82. The highest BCUT2D eigenvalue weighted by Crippen LogP contribution is 2.33. The van der Waals surface area contributed by atoms with Crippen LogP contribution in [0.15, 0.2) is 17.2 Å². The smallest absolute Gasteiger partial charge is 0.315 e. The number of nitrogens with zero attached hydrogens (tertiary/aromatic N) is 2. The van der Waals surface area contributed by atoms with Gasteiger partial charge in [0.05, 0.1) is 0 Å². The summed E-state index contributed by atoms with van der Waals surface area (Å²) in [6.07, 6.45) is 6.11. The van der Waals surface area contributed by atoms with Crippen molar-refractivity contribution in [2.75, 3.05) is 7.05 Å². The fourth-order valence-electron chi connectivity index (χ4n) is 1.58. The Kier molecular flexibility index (Phi) is 2.46. The van der Waals surface area contributed by atoms with Gasteiger partial charge in [-0.1, -0.05) is 0 Å². The van der Waals surface area contributed by atoms with Crippen LogP contribution in [0.4, 0.5) is 0 Å². The zero-order chi connectivity index (χ0) is 10.1. The van der Waals surface area contributed by atoms with Gasteiger partial charge in [-0.2, -0.15) is 0 Å². The van der Waals surface area contributed by atoms with Crippen molar-refractivity contribution in [1.29, 1.82) is 0 Å². The minimum absolute atomic E-state index is 0.134. The van der Waals surface area contributed by atoms with E-state index in [9.17, 15) is 4.79 Å². The molecule has 1 atom stereocenters. The van der Waals surface area contributed by atoms with Crippen LogP contribution in [-0.2, 0) is 6.54 Å². The molecule has 0 amide bonds. The first kappa shape index (κ1) is 9.52. The summed E-state index contributed by atoms with van der Waals surface area (Å²) in [6, 6.07) is 0.816. The van der Waals surface area contributed by atoms with E-state index in [1.54, 1.807) is 4.57 Å². The van der Waals surface area contributed by atoms with Gasteiger partial charge in [-0.15, -0.1) is 0 Å². The van der Waals surface area contributed by atoms with Gasteiger partial charge in [-0.25, -0.2) is 4.79 Å². The molecule has 1 aromatic heterocycles. The van der Waals surface area contributed by atoms with Gasteiger partial charge in [-0.05, 0) is 26.8 Å². The Morgan fingerprint density at radius 1 is 1.57 bits per heavy atom. The van der Waals surface area contributed by atoms with E-state index in [4.69, 9.17) is 0 Å². The average molecular weight is 195 g/mol. The lowest BCUT2D eigenvalue weighted by atomic mass is 10.3. The lowest BCUT2D eigenvalue weighted by molar-refractivity contribution is 0.497. The van der Waals surface area contributed by atoms with E-state index in [1.807, 2.05) is 24.0 Å². The standard InChI is InChI=1S/C10H17N3O/c1-8(11-2)7-12-5-6-13(10(12)14)9-3-4-9/h5-6,8-9,11H,3-4,7H2,1-2H3. The van der Waals surface area contributed by atoms with Crippen LogP contribution >= 0.6 is 0 Å².